The van der Waals surface area contributed by atoms with Gasteiger partial charge in [-0.3, -0.25) is 9.52 Å². The molecule has 0 saturated heterocycles. The largest absolute Gasteiger partial charge is 0.499 e. The van der Waals surface area contributed by atoms with Gasteiger partial charge in [0, 0.05) is 25.1 Å². The van der Waals surface area contributed by atoms with Crippen molar-refractivity contribution in [1.82, 2.24) is 9.62 Å². The lowest BCUT2D eigenvalue weighted by atomic mass is 9.92. The number of hydrogen-bond donors (Lipinski definition) is 1. The molecule has 0 atom stereocenters. The summed E-state index contributed by atoms with van der Waals surface area (Å²) in [4.78, 5) is 15.0. The molecule has 0 unspecified atom stereocenters. The van der Waals surface area contributed by atoms with Crippen molar-refractivity contribution in [2.24, 2.45) is 11.8 Å². The predicted octanol–water partition coefficient (Wildman–Crippen LogP) is 14.4. The Morgan fingerprint density at radius 1 is 0.585 bits per heavy atom. The molecule has 0 aliphatic carbocycles. The van der Waals surface area contributed by atoms with Crippen molar-refractivity contribution in [3.05, 3.63) is 25.0 Å². The monoisotopic (exact) mass is 765 g/mol. The number of nitrogens with one attached hydrogen (secondary N) is 1. The number of carbonyl (C=O) groups excluding carboxylic acids is 1. The van der Waals surface area contributed by atoms with E-state index in [4.69, 9.17) is 9.47 Å². The summed E-state index contributed by atoms with van der Waals surface area (Å²) in [7, 11) is 0. The van der Waals surface area contributed by atoms with Crippen molar-refractivity contribution in [2.45, 2.75) is 214 Å². The molecular formula is C47H92N2O3S. The number of hydrogen-bond acceptors (Lipinski definition) is 6. The van der Waals surface area contributed by atoms with Gasteiger partial charge in [-0.05, 0) is 76.4 Å². The van der Waals surface area contributed by atoms with Gasteiger partial charge < -0.3 is 14.4 Å². The Morgan fingerprint density at radius 2 is 1.06 bits per heavy atom. The van der Waals surface area contributed by atoms with E-state index in [2.05, 4.69) is 50.5 Å². The maximum Gasteiger partial charge on any atom is 0.305 e. The molecule has 314 valence electrons. The highest BCUT2D eigenvalue weighted by Crippen LogP contribution is 2.23. The molecule has 0 bridgehead atoms. The van der Waals surface area contributed by atoms with E-state index in [9.17, 15) is 4.79 Å². The average Bonchev–Trinajstić information content (AvgIpc) is 3.15. The fourth-order valence-corrected chi connectivity index (χ4v) is 7.82. The lowest BCUT2D eigenvalue weighted by Gasteiger charge is -2.22. The molecule has 0 aliphatic rings. The minimum absolute atomic E-state index is 0.00808. The zero-order chi connectivity index (χ0) is 38.9. The molecule has 0 aromatic rings. The molecule has 0 aromatic heterocycles. The van der Waals surface area contributed by atoms with Crippen LogP contribution in [0.5, 0.6) is 0 Å². The van der Waals surface area contributed by atoms with Crippen molar-refractivity contribution in [3.8, 4) is 0 Å². The standard InChI is InChI=1S/C47H92N2O3S/c1-7-12-22-32-46(33-23-13-8-2)35-41-51-44(6)29-24-18-16-20-26-38-49(40-28-37-48-53-43-11-5)39-27-21-17-19-25-34-47(50)52-42-36-45(30-14-9-3)31-15-10-4/h11,45-46,48H,5-10,12-43H2,1-4H3. The van der Waals surface area contributed by atoms with Crippen molar-refractivity contribution in [2.75, 3.05) is 45.1 Å². The van der Waals surface area contributed by atoms with Crippen LogP contribution in [-0.4, -0.2) is 56.0 Å². The van der Waals surface area contributed by atoms with Gasteiger partial charge in [-0.25, -0.2) is 0 Å². The lowest BCUT2D eigenvalue weighted by Crippen LogP contribution is -2.29. The summed E-state index contributed by atoms with van der Waals surface area (Å²) in [6.45, 7) is 23.3. The lowest BCUT2D eigenvalue weighted by molar-refractivity contribution is -0.144. The molecule has 1 N–H and O–H groups in total. The van der Waals surface area contributed by atoms with E-state index in [1.807, 2.05) is 6.08 Å². The first-order valence-corrected chi connectivity index (χ1v) is 24.1. The number of ether oxygens (including phenoxy) is 2. The fourth-order valence-electron chi connectivity index (χ4n) is 7.29. The number of unbranched alkanes of at least 4 members (excludes halogenated alkanes) is 14. The molecule has 0 heterocycles. The smallest absolute Gasteiger partial charge is 0.305 e. The topological polar surface area (TPSA) is 50.8 Å². The van der Waals surface area contributed by atoms with Crippen LogP contribution in [0.4, 0.5) is 0 Å². The third-order valence-electron chi connectivity index (χ3n) is 10.8. The number of esters is 1. The minimum Gasteiger partial charge on any atom is -0.499 e. The van der Waals surface area contributed by atoms with Crippen molar-refractivity contribution >= 4 is 17.9 Å². The fraction of sp³-hybridized carbons (Fsp3) is 0.894. The van der Waals surface area contributed by atoms with E-state index in [1.54, 1.807) is 11.9 Å². The van der Waals surface area contributed by atoms with E-state index in [-0.39, 0.29) is 5.97 Å². The van der Waals surface area contributed by atoms with Crippen LogP contribution < -0.4 is 4.72 Å². The maximum atomic E-state index is 12.3. The SMILES string of the molecule is C=CCSNCCCN(CCCCCCCC(=C)OCCC(CCCCC)CCCCC)CCCCCCCC(=O)OCCC(CCCC)CCCC. The van der Waals surface area contributed by atoms with E-state index in [1.165, 1.54) is 174 Å². The van der Waals surface area contributed by atoms with Crippen LogP contribution in [-0.2, 0) is 14.3 Å². The van der Waals surface area contributed by atoms with Crippen LogP contribution >= 0.6 is 11.9 Å². The van der Waals surface area contributed by atoms with Crippen LogP contribution in [0.1, 0.15) is 214 Å². The second-order valence-corrected chi connectivity index (χ2v) is 16.8. The molecule has 0 aromatic carbocycles. The van der Waals surface area contributed by atoms with E-state index in [0.717, 1.165) is 62.2 Å². The van der Waals surface area contributed by atoms with Crippen molar-refractivity contribution in [1.29, 1.82) is 0 Å². The van der Waals surface area contributed by atoms with Crippen LogP contribution in [0.15, 0.2) is 25.0 Å². The molecule has 0 aliphatic heterocycles. The van der Waals surface area contributed by atoms with Gasteiger partial charge in [0.15, 0.2) is 0 Å². The van der Waals surface area contributed by atoms with Crippen molar-refractivity contribution in [3.63, 3.8) is 0 Å². The highest BCUT2D eigenvalue weighted by atomic mass is 32.2. The molecule has 0 rings (SSSR count). The summed E-state index contributed by atoms with van der Waals surface area (Å²) in [5.74, 6) is 3.51. The first-order chi connectivity index (χ1) is 26.0. The van der Waals surface area contributed by atoms with E-state index in [0.29, 0.717) is 13.0 Å². The Hall–Kier alpha value is -0.980. The second-order valence-electron chi connectivity index (χ2n) is 15.9. The highest BCUT2D eigenvalue weighted by Gasteiger charge is 2.11. The number of nitrogens with zero attached hydrogens (tertiary/aromatic N) is 1. The Kier molecular flexibility index (Phi) is 41.4. The van der Waals surface area contributed by atoms with Gasteiger partial charge in [0.2, 0.25) is 0 Å². The van der Waals surface area contributed by atoms with Gasteiger partial charge in [-0.15, -0.1) is 6.58 Å². The molecular weight excluding hydrogens is 673 g/mol. The normalized spacial score (nSPS) is 11.6. The van der Waals surface area contributed by atoms with Gasteiger partial charge in [-0.2, -0.15) is 0 Å². The molecule has 0 spiro atoms. The molecule has 53 heavy (non-hydrogen) atoms. The van der Waals surface area contributed by atoms with E-state index >= 15 is 0 Å². The van der Waals surface area contributed by atoms with Gasteiger partial charge in [0.1, 0.15) is 0 Å². The molecule has 0 saturated carbocycles. The second kappa shape index (κ2) is 42.2. The molecule has 0 fully saturated rings. The van der Waals surface area contributed by atoms with Gasteiger partial charge in [-0.1, -0.05) is 181 Å². The summed E-state index contributed by atoms with van der Waals surface area (Å²) in [6, 6.07) is 0. The maximum absolute atomic E-state index is 12.3. The first kappa shape index (κ1) is 52.0. The van der Waals surface area contributed by atoms with Gasteiger partial charge >= 0.3 is 5.97 Å². The zero-order valence-electron chi connectivity index (χ0n) is 36.2. The van der Waals surface area contributed by atoms with Crippen LogP contribution in [0.3, 0.4) is 0 Å². The third-order valence-corrected chi connectivity index (χ3v) is 11.6. The summed E-state index contributed by atoms with van der Waals surface area (Å²) >= 11 is 1.75. The number of carbonyl (C=O) groups is 1. The predicted molar refractivity (Wildman–Crippen MR) is 237 cm³/mol. The summed E-state index contributed by atoms with van der Waals surface area (Å²) in [5.41, 5.74) is 0. The number of allylic oxidation sites excluding steroid dienone is 1. The minimum atomic E-state index is 0.00808. The number of rotatable bonds is 44. The Labute approximate surface area is 336 Å². The molecule has 0 amide bonds. The quantitative estimate of drug-likeness (QED) is 0.0219. The highest BCUT2D eigenvalue weighted by molar-refractivity contribution is 7.97. The Morgan fingerprint density at radius 3 is 1.60 bits per heavy atom. The Balaban J connectivity index is 4.20. The average molecular weight is 765 g/mol. The summed E-state index contributed by atoms with van der Waals surface area (Å²) < 4.78 is 15.2. The Bertz CT molecular complexity index is 776. The van der Waals surface area contributed by atoms with Gasteiger partial charge in [0.05, 0.1) is 19.0 Å². The van der Waals surface area contributed by atoms with Gasteiger partial charge in [0.25, 0.3) is 0 Å². The third kappa shape index (κ3) is 37.7. The summed E-state index contributed by atoms with van der Waals surface area (Å²) in [6.07, 6.45) is 37.6. The van der Waals surface area contributed by atoms with Crippen LogP contribution in [0.2, 0.25) is 0 Å². The molecule has 6 heteroatoms. The first-order valence-electron chi connectivity index (χ1n) is 23.1. The van der Waals surface area contributed by atoms with Crippen LogP contribution in [0.25, 0.3) is 0 Å². The summed E-state index contributed by atoms with van der Waals surface area (Å²) in [5, 5.41) is 0. The van der Waals surface area contributed by atoms with E-state index < -0.39 is 0 Å². The van der Waals surface area contributed by atoms with Crippen LogP contribution in [0, 0.1) is 11.8 Å². The molecule has 0 radical (unpaired) electrons. The van der Waals surface area contributed by atoms with Crippen molar-refractivity contribution < 1.29 is 14.3 Å². The molecule has 5 nitrogen and oxygen atoms in total. The zero-order valence-corrected chi connectivity index (χ0v) is 37.0.